The zero-order valence-corrected chi connectivity index (χ0v) is 9.64. The molecule has 8 heteroatoms. The fourth-order valence-electron chi connectivity index (χ4n) is 1.77. The molecule has 1 aromatic heterocycles. The van der Waals surface area contributed by atoms with Gasteiger partial charge in [-0.1, -0.05) is 0 Å². The second-order valence-corrected chi connectivity index (χ2v) is 6.16. The molecule has 3 N–H and O–H groups in total. The van der Waals surface area contributed by atoms with Crippen LogP contribution in [0.15, 0.2) is 6.20 Å². The van der Waals surface area contributed by atoms with Crippen LogP contribution in [0.4, 0.5) is 5.82 Å². The van der Waals surface area contributed by atoms with E-state index in [9.17, 15) is 13.2 Å². The molecule has 0 aromatic carbocycles. The summed E-state index contributed by atoms with van der Waals surface area (Å²) in [5.41, 5.74) is 5.30. The highest BCUT2D eigenvalue weighted by Gasteiger charge is 2.31. The third-order valence-corrected chi connectivity index (χ3v) is 4.43. The van der Waals surface area contributed by atoms with E-state index in [0.717, 1.165) is 6.20 Å². The van der Waals surface area contributed by atoms with E-state index in [1.165, 1.54) is 0 Å². The van der Waals surface area contributed by atoms with Crippen molar-refractivity contribution in [1.82, 2.24) is 9.97 Å². The van der Waals surface area contributed by atoms with E-state index >= 15 is 0 Å². The summed E-state index contributed by atoms with van der Waals surface area (Å²) in [5.74, 6) is -1.21. The lowest BCUT2D eigenvalue weighted by atomic mass is 10.1. The van der Waals surface area contributed by atoms with Crippen LogP contribution in [0.3, 0.4) is 0 Å². The van der Waals surface area contributed by atoms with E-state index < -0.39 is 15.8 Å². The number of carboxylic acid groups (broad SMARTS) is 1. The van der Waals surface area contributed by atoms with Crippen LogP contribution in [0.1, 0.15) is 28.5 Å². The normalized spacial score (nSPS) is 22.5. The lowest BCUT2D eigenvalue weighted by Gasteiger charge is -2.07. The number of aromatic nitrogens is 2. The van der Waals surface area contributed by atoms with Crippen molar-refractivity contribution in [3.05, 3.63) is 17.6 Å². The van der Waals surface area contributed by atoms with Crippen LogP contribution in [0, 0.1) is 0 Å². The molecule has 1 aromatic rings. The van der Waals surface area contributed by atoms with Crippen LogP contribution >= 0.6 is 0 Å². The Morgan fingerprint density at radius 3 is 2.71 bits per heavy atom. The molecular weight excluding hydrogens is 246 g/mol. The number of anilines is 1. The number of nitrogens with two attached hydrogens (primary N) is 1. The molecule has 1 unspecified atom stereocenters. The number of nitrogens with zero attached hydrogens (tertiary/aromatic N) is 2. The molecule has 7 nitrogen and oxygen atoms in total. The summed E-state index contributed by atoms with van der Waals surface area (Å²) < 4.78 is 22.6. The van der Waals surface area contributed by atoms with Crippen LogP contribution in [0.25, 0.3) is 0 Å². The highest BCUT2D eigenvalue weighted by atomic mass is 32.2. The molecule has 92 valence electrons. The van der Waals surface area contributed by atoms with Crippen LogP contribution < -0.4 is 5.73 Å². The Bertz CT molecular complexity index is 570. The van der Waals surface area contributed by atoms with Gasteiger partial charge >= 0.3 is 5.97 Å². The molecule has 1 fully saturated rings. The number of carbonyl (C=O) groups is 1. The minimum absolute atomic E-state index is 0.00113. The molecule has 0 bridgehead atoms. The molecule has 1 atom stereocenters. The first-order chi connectivity index (χ1) is 7.89. The summed E-state index contributed by atoms with van der Waals surface area (Å²) in [6, 6.07) is 0. The van der Waals surface area contributed by atoms with Gasteiger partial charge in [0.15, 0.2) is 9.84 Å². The Morgan fingerprint density at radius 1 is 1.53 bits per heavy atom. The summed E-state index contributed by atoms with van der Waals surface area (Å²) in [6.45, 7) is 0. The van der Waals surface area contributed by atoms with Gasteiger partial charge in [-0.25, -0.2) is 23.2 Å². The van der Waals surface area contributed by atoms with Crippen LogP contribution in [-0.2, 0) is 9.84 Å². The summed E-state index contributed by atoms with van der Waals surface area (Å²) >= 11 is 0. The number of hydrogen-bond donors (Lipinski definition) is 2. The van der Waals surface area contributed by atoms with E-state index in [1.807, 2.05) is 0 Å². The van der Waals surface area contributed by atoms with Crippen molar-refractivity contribution in [2.45, 2.75) is 12.3 Å². The molecular formula is C9H11N3O4S. The topological polar surface area (TPSA) is 123 Å². The molecule has 1 aliphatic rings. The minimum Gasteiger partial charge on any atom is -0.477 e. The third-order valence-electron chi connectivity index (χ3n) is 2.66. The fraction of sp³-hybridized carbons (Fsp3) is 0.444. The van der Waals surface area contributed by atoms with Crippen molar-refractivity contribution in [2.75, 3.05) is 17.2 Å². The van der Waals surface area contributed by atoms with E-state index in [2.05, 4.69) is 9.97 Å². The largest absolute Gasteiger partial charge is 0.477 e. The number of aromatic carboxylic acids is 1. The molecule has 1 aliphatic heterocycles. The second kappa shape index (κ2) is 3.95. The maximum Gasteiger partial charge on any atom is 0.341 e. The first-order valence-corrected chi connectivity index (χ1v) is 6.77. The third kappa shape index (κ3) is 2.36. The molecule has 17 heavy (non-hydrogen) atoms. The number of sulfone groups is 1. The molecule has 2 rings (SSSR count). The Kier molecular flexibility index (Phi) is 2.74. The standard InChI is InChI=1S/C9H11N3O4S/c10-7-6(9(13)14)3-11-8(12-7)5-1-2-17(15,16)4-5/h3,5H,1-2,4H2,(H,13,14)(H2,10,11,12). The second-order valence-electron chi connectivity index (χ2n) is 3.93. The van der Waals surface area contributed by atoms with Crippen molar-refractivity contribution in [2.24, 2.45) is 0 Å². The Morgan fingerprint density at radius 2 is 2.24 bits per heavy atom. The molecule has 0 spiro atoms. The van der Waals surface area contributed by atoms with Crippen LogP contribution in [-0.4, -0.2) is 41.0 Å². The predicted octanol–water partition coefficient (Wildman–Crippen LogP) is -0.341. The van der Waals surface area contributed by atoms with Crippen molar-refractivity contribution in [3.63, 3.8) is 0 Å². The van der Waals surface area contributed by atoms with Gasteiger partial charge in [-0.15, -0.1) is 0 Å². The van der Waals surface area contributed by atoms with Gasteiger partial charge in [-0.3, -0.25) is 0 Å². The Labute approximate surface area is 97.6 Å². The summed E-state index contributed by atoms with van der Waals surface area (Å²) in [4.78, 5) is 18.4. The van der Waals surface area contributed by atoms with Gasteiger partial charge in [0.1, 0.15) is 17.2 Å². The van der Waals surface area contributed by atoms with Crippen molar-refractivity contribution >= 4 is 21.6 Å². The number of carboxylic acids is 1. The van der Waals surface area contributed by atoms with Gasteiger partial charge in [0.2, 0.25) is 0 Å². The van der Waals surface area contributed by atoms with Gasteiger partial charge in [-0.2, -0.15) is 0 Å². The predicted molar refractivity (Wildman–Crippen MR) is 59.4 cm³/mol. The van der Waals surface area contributed by atoms with E-state index in [-0.39, 0.29) is 28.8 Å². The average Bonchev–Trinajstić information content (AvgIpc) is 2.58. The summed E-state index contributed by atoms with van der Waals surface area (Å²) in [5, 5.41) is 8.75. The molecule has 0 radical (unpaired) electrons. The monoisotopic (exact) mass is 257 g/mol. The Balaban J connectivity index is 2.30. The van der Waals surface area contributed by atoms with E-state index in [0.29, 0.717) is 12.2 Å². The number of hydrogen-bond acceptors (Lipinski definition) is 6. The SMILES string of the molecule is Nc1nc(C2CCS(=O)(=O)C2)ncc1C(=O)O. The van der Waals surface area contributed by atoms with Crippen LogP contribution in [0.5, 0.6) is 0 Å². The van der Waals surface area contributed by atoms with Gasteiger partial charge in [-0.05, 0) is 6.42 Å². The lowest BCUT2D eigenvalue weighted by Crippen LogP contribution is -2.12. The average molecular weight is 257 g/mol. The fourth-order valence-corrected chi connectivity index (χ4v) is 3.51. The van der Waals surface area contributed by atoms with Gasteiger partial charge in [0, 0.05) is 12.1 Å². The Hall–Kier alpha value is -1.70. The molecule has 2 heterocycles. The quantitative estimate of drug-likeness (QED) is 0.742. The zero-order valence-electron chi connectivity index (χ0n) is 8.83. The molecule has 0 saturated carbocycles. The van der Waals surface area contributed by atoms with Gasteiger partial charge in [0.05, 0.1) is 11.5 Å². The maximum absolute atomic E-state index is 11.3. The van der Waals surface area contributed by atoms with E-state index in [1.54, 1.807) is 0 Å². The van der Waals surface area contributed by atoms with E-state index in [4.69, 9.17) is 10.8 Å². The smallest absolute Gasteiger partial charge is 0.341 e. The maximum atomic E-state index is 11.3. The van der Waals surface area contributed by atoms with Gasteiger partial charge < -0.3 is 10.8 Å². The summed E-state index contributed by atoms with van der Waals surface area (Å²) in [6.07, 6.45) is 1.57. The molecule has 0 aliphatic carbocycles. The first kappa shape index (κ1) is 11.8. The van der Waals surface area contributed by atoms with Gasteiger partial charge in [0.25, 0.3) is 0 Å². The van der Waals surface area contributed by atoms with Crippen molar-refractivity contribution in [3.8, 4) is 0 Å². The molecule has 1 saturated heterocycles. The summed E-state index contributed by atoms with van der Waals surface area (Å²) in [7, 11) is -3.02. The van der Waals surface area contributed by atoms with Crippen LogP contribution in [0.2, 0.25) is 0 Å². The number of nitrogen functional groups attached to an aromatic ring is 1. The van der Waals surface area contributed by atoms with Crippen molar-refractivity contribution in [1.29, 1.82) is 0 Å². The highest BCUT2D eigenvalue weighted by molar-refractivity contribution is 7.91. The number of rotatable bonds is 2. The minimum atomic E-state index is -3.02. The molecule has 0 amide bonds. The van der Waals surface area contributed by atoms with Crippen molar-refractivity contribution < 1.29 is 18.3 Å². The first-order valence-electron chi connectivity index (χ1n) is 4.95. The highest BCUT2D eigenvalue weighted by Crippen LogP contribution is 2.27. The zero-order chi connectivity index (χ0) is 12.6. The lowest BCUT2D eigenvalue weighted by molar-refractivity contribution is 0.0697.